The predicted molar refractivity (Wildman–Crippen MR) is 79.1 cm³/mol. The number of carbonyl (C=O) groups excluding carboxylic acids is 1. The molecule has 1 aliphatic heterocycles. The van der Waals surface area contributed by atoms with Crippen molar-refractivity contribution < 1.29 is 19.7 Å². The largest absolute Gasteiger partial charge is 0.504 e. The van der Waals surface area contributed by atoms with Crippen molar-refractivity contribution in [2.24, 2.45) is 10.9 Å². The van der Waals surface area contributed by atoms with E-state index < -0.39 is 23.1 Å². The molecule has 0 aromatic heterocycles. The molecular weight excluding hydrogens is 304 g/mol. The lowest BCUT2D eigenvalue weighted by molar-refractivity contribution is -0.135. The lowest BCUT2D eigenvalue weighted by atomic mass is 10.0. The van der Waals surface area contributed by atoms with Crippen LogP contribution in [0.3, 0.4) is 0 Å². The quantitative estimate of drug-likeness (QED) is 0.324. The molecule has 0 spiro atoms. The Balaban J connectivity index is 2.45. The molecule has 1 aromatic carbocycles. The molecule has 0 aliphatic carbocycles. The van der Waals surface area contributed by atoms with Crippen LogP contribution in [0.15, 0.2) is 22.9 Å². The summed E-state index contributed by atoms with van der Waals surface area (Å²) in [6.07, 6.45) is 0.642. The van der Waals surface area contributed by atoms with Gasteiger partial charge in [-0.05, 0) is 23.7 Å². The van der Waals surface area contributed by atoms with Crippen molar-refractivity contribution in [2.75, 3.05) is 19.9 Å². The van der Waals surface area contributed by atoms with Crippen LogP contribution >= 0.6 is 0 Å². The van der Waals surface area contributed by atoms with E-state index >= 15 is 0 Å². The van der Waals surface area contributed by atoms with Crippen molar-refractivity contribution in [1.82, 2.24) is 4.90 Å². The first-order chi connectivity index (χ1) is 11.0. The highest BCUT2D eigenvalue weighted by Crippen LogP contribution is 2.38. The fraction of sp³-hybridized carbons (Fsp3) is 0.286. The Hall–Kier alpha value is -3.12. The summed E-state index contributed by atoms with van der Waals surface area (Å²) in [5.74, 6) is -1.95. The number of nitroso groups, excluding NO2 is 1. The minimum Gasteiger partial charge on any atom is -0.504 e. The van der Waals surface area contributed by atoms with Gasteiger partial charge in [-0.25, -0.2) is 0 Å². The smallest absolute Gasteiger partial charge is 0.268 e. The van der Waals surface area contributed by atoms with Crippen LogP contribution in [0.1, 0.15) is 12.0 Å². The summed E-state index contributed by atoms with van der Waals surface area (Å²) in [4.78, 5) is 24.3. The van der Waals surface area contributed by atoms with E-state index in [9.17, 15) is 25.2 Å². The predicted octanol–water partition coefficient (Wildman–Crippen LogP) is 0.895. The van der Waals surface area contributed by atoms with Gasteiger partial charge in [0.15, 0.2) is 17.2 Å². The number of hydrogen-bond acceptors (Lipinski definition) is 8. The highest BCUT2D eigenvalue weighted by atomic mass is 16.5. The first-order valence-electron chi connectivity index (χ1n) is 6.66. The normalized spacial score (nSPS) is 15.5. The fourth-order valence-corrected chi connectivity index (χ4v) is 2.11. The molecule has 1 heterocycles. The van der Waals surface area contributed by atoms with Gasteiger partial charge in [0.1, 0.15) is 18.4 Å². The van der Waals surface area contributed by atoms with Gasteiger partial charge in [0.25, 0.3) is 5.91 Å². The maximum atomic E-state index is 12.3. The van der Waals surface area contributed by atoms with Crippen LogP contribution in [0.25, 0.3) is 5.70 Å². The number of nitriles is 1. The number of amides is 1. The number of aromatic hydroxyl groups is 2. The number of nitrogens with zero attached hydrogens (tertiary/aromatic N) is 3. The molecule has 9 heteroatoms. The zero-order chi connectivity index (χ0) is 17.0. The van der Waals surface area contributed by atoms with Gasteiger partial charge >= 0.3 is 0 Å². The lowest BCUT2D eigenvalue weighted by Gasteiger charge is -2.26. The lowest BCUT2D eigenvalue weighted by Crippen LogP contribution is -2.39. The summed E-state index contributed by atoms with van der Waals surface area (Å²) in [7, 11) is 0. The molecule has 0 radical (unpaired) electrons. The Kier molecular flexibility index (Phi) is 4.78. The molecule has 2 rings (SSSR count). The first-order valence-corrected chi connectivity index (χ1v) is 6.66. The van der Waals surface area contributed by atoms with Crippen molar-refractivity contribution in [3.8, 4) is 17.6 Å². The number of rotatable bonds is 3. The molecule has 23 heavy (non-hydrogen) atoms. The minimum absolute atomic E-state index is 0.0257. The van der Waals surface area contributed by atoms with E-state index in [1.165, 1.54) is 4.90 Å². The minimum atomic E-state index is -0.703. The molecule has 0 bridgehead atoms. The molecule has 4 N–H and O–H groups in total. The second-order valence-corrected chi connectivity index (χ2v) is 4.81. The highest BCUT2D eigenvalue weighted by molar-refractivity contribution is 6.04. The Morgan fingerprint density at radius 2 is 2.17 bits per heavy atom. The molecule has 0 saturated carbocycles. The van der Waals surface area contributed by atoms with Crippen molar-refractivity contribution in [2.45, 2.75) is 6.42 Å². The van der Waals surface area contributed by atoms with Crippen LogP contribution < -0.4 is 5.73 Å². The number of benzene rings is 1. The molecule has 120 valence electrons. The van der Waals surface area contributed by atoms with E-state index in [-0.39, 0.29) is 23.6 Å². The van der Waals surface area contributed by atoms with Crippen LogP contribution in [0.4, 0.5) is 5.69 Å². The van der Waals surface area contributed by atoms with E-state index in [0.717, 1.165) is 12.1 Å². The summed E-state index contributed by atoms with van der Waals surface area (Å²) in [6, 6.07) is 3.84. The number of nitrogens with two attached hydrogens (primary N) is 1. The molecule has 1 aromatic rings. The molecule has 1 fully saturated rings. The summed E-state index contributed by atoms with van der Waals surface area (Å²) < 4.78 is 5.16. The second kappa shape index (κ2) is 6.76. The summed E-state index contributed by atoms with van der Waals surface area (Å²) in [5.41, 5.74) is 4.83. The monoisotopic (exact) mass is 318 g/mol. The van der Waals surface area contributed by atoms with Gasteiger partial charge in [-0.3, -0.25) is 4.79 Å². The third-order valence-electron chi connectivity index (χ3n) is 3.33. The van der Waals surface area contributed by atoms with Crippen LogP contribution in [-0.2, 0) is 9.53 Å². The molecule has 1 aliphatic rings. The van der Waals surface area contributed by atoms with Crippen molar-refractivity contribution in [3.63, 3.8) is 0 Å². The maximum Gasteiger partial charge on any atom is 0.268 e. The zero-order valence-electron chi connectivity index (χ0n) is 12.0. The van der Waals surface area contributed by atoms with Gasteiger partial charge in [0.05, 0.1) is 12.3 Å². The van der Waals surface area contributed by atoms with Gasteiger partial charge in [-0.2, -0.15) is 5.26 Å². The Morgan fingerprint density at radius 1 is 1.43 bits per heavy atom. The Bertz CT molecular complexity index is 717. The average molecular weight is 318 g/mol. The molecule has 0 unspecified atom stereocenters. The van der Waals surface area contributed by atoms with E-state index in [2.05, 4.69) is 5.18 Å². The summed E-state index contributed by atoms with van der Waals surface area (Å²) in [5, 5.41) is 30.8. The van der Waals surface area contributed by atoms with Crippen LogP contribution in [-0.4, -0.2) is 40.9 Å². The number of phenols is 2. The molecule has 0 atom stereocenters. The standard InChI is InChI=1S/C14H14N4O5/c15-6-9(14(21)18-2-1-3-23-7-18)12(16)8-4-10(17-22)13(20)11(19)5-8/h4-5,19-20H,1-3,7,16H2/b12-9-. The van der Waals surface area contributed by atoms with E-state index in [1.807, 2.05) is 0 Å². The second-order valence-electron chi connectivity index (χ2n) is 4.81. The van der Waals surface area contributed by atoms with Gasteiger partial charge in [-0.15, -0.1) is 4.91 Å². The third-order valence-corrected chi connectivity index (χ3v) is 3.33. The highest BCUT2D eigenvalue weighted by Gasteiger charge is 2.24. The van der Waals surface area contributed by atoms with Gasteiger partial charge < -0.3 is 25.6 Å². The Labute approximate surface area is 131 Å². The molecule has 9 nitrogen and oxygen atoms in total. The van der Waals surface area contributed by atoms with Gasteiger partial charge in [0.2, 0.25) is 0 Å². The third kappa shape index (κ3) is 3.22. The van der Waals surface area contributed by atoms with E-state index in [0.29, 0.717) is 19.6 Å². The fourth-order valence-electron chi connectivity index (χ4n) is 2.11. The number of phenolic OH excluding ortho intramolecular Hbond substituents is 2. The summed E-state index contributed by atoms with van der Waals surface area (Å²) in [6.45, 7) is 1.02. The van der Waals surface area contributed by atoms with Crippen molar-refractivity contribution in [1.29, 1.82) is 5.26 Å². The summed E-state index contributed by atoms with van der Waals surface area (Å²) >= 11 is 0. The van der Waals surface area contributed by atoms with Crippen LogP contribution in [0.2, 0.25) is 0 Å². The van der Waals surface area contributed by atoms with Gasteiger partial charge in [-0.1, -0.05) is 0 Å². The number of carbonyl (C=O) groups is 1. The number of ether oxygens (including phenoxy) is 1. The zero-order valence-corrected chi connectivity index (χ0v) is 12.0. The van der Waals surface area contributed by atoms with Crippen molar-refractivity contribution >= 4 is 17.3 Å². The molecular formula is C14H14N4O5. The van der Waals surface area contributed by atoms with E-state index in [1.54, 1.807) is 6.07 Å². The molecule has 1 saturated heterocycles. The van der Waals surface area contributed by atoms with Crippen LogP contribution in [0.5, 0.6) is 11.5 Å². The topological polar surface area (TPSA) is 149 Å². The maximum absolute atomic E-state index is 12.3. The Morgan fingerprint density at radius 3 is 2.74 bits per heavy atom. The number of hydrogen-bond donors (Lipinski definition) is 3. The van der Waals surface area contributed by atoms with E-state index in [4.69, 9.17) is 10.5 Å². The van der Waals surface area contributed by atoms with Gasteiger partial charge in [0, 0.05) is 12.1 Å². The first kappa shape index (κ1) is 16.3. The van der Waals surface area contributed by atoms with Crippen molar-refractivity contribution in [3.05, 3.63) is 28.2 Å². The van der Waals surface area contributed by atoms with Crippen LogP contribution in [0, 0.1) is 16.2 Å². The SMILES string of the molecule is N#C/C(C(=O)N1CCCOC1)=C(/N)c1cc(O)c(O)c(N=O)c1. The molecule has 1 amide bonds. The average Bonchev–Trinajstić information content (AvgIpc) is 2.58.